The number of carbonyl (C=O) groups is 2. The number of benzene rings is 1. The Labute approximate surface area is 226 Å². The number of phosphoric acid groups is 1. The van der Waals surface area contributed by atoms with E-state index in [1.54, 1.807) is 0 Å². The van der Waals surface area contributed by atoms with Crippen LogP contribution < -0.4 is 9.84 Å². The zero-order valence-electron chi connectivity index (χ0n) is 22.2. The van der Waals surface area contributed by atoms with Crippen LogP contribution in [0.5, 0.6) is 5.75 Å². The molecule has 0 aliphatic carbocycles. The summed E-state index contributed by atoms with van der Waals surface area (Å²) < 4.78 is 15.3. The fourth-order valence-corrected chi connectivity index (χ4v) is 3.86. The minimum Gasteiger partial charge on any atom is -0.480 e. The van der Waals surface area contributed by atoms with Crippen LogP contribution in [-0.4, -0.2) is 32.8 Å². The molecule has 210 valence electrons. The summed E-state index contributed by atoms with van der Waals surface area (Å²) in [6.07, 6.45) is 26.4. The van der Waals surface area contributed by atoms with E-state index in [0.717, 1.165) is 25.7 Å². The summed E-state index contributed by atoms with van der Waals surface area (Å²) in [6, 6.07) is 4.56. The van der Waals surface area contributed by atoms with Crippen LogP contribution in [-0.2, 0) is 20.6 Å². The highest BCUT2D eigenvalue weighted by atomic mass is 31.2. The Kier molecular flexibility index (Phi) is 17.5. The summed E-state index contributed by atoms with van der Waals surface area (Å²) in [5.41, 5.74) is 0.580. The average Bonchev–Trinajstić information content (AvgIpc) is 2.85. The highest BCUT2D eigenvalue weighted by molar-refractivity contribution is 7.46. The van der Waals surface area contributed by atoms with Gasteiger partial charge in [-0.15, -0.1) is 0 Å². The van der Waals surface area contributed by atoms with E-state index in [9.17, 15) is 19.3 Å². The first kappa shape index (κ1) is 33.1. The molecule has 1 rings (SSSR count). The molecular weight excluding hydrogens is 505 g/mol. The number of allylic oxidation sites excluding steroid dienone is 8. The van der Waals surface area contributed by atoms with E-state index >= 15 is 0 Å². The number of rotatable bonds is 20. The number of nitrogens with one attached hydrogen (secondary N) is 1. The first-order valence-corrected chi connectivity index (χ1v) is 14.7. The van der Waals surface area contributed by atoms with Gasteiger partial charge in [0.05, 0.1) is 0 Å². The summed E-state index contributed by atoms with van der Waals surface area (Å²) in [6.45, 7) is 2.21. The molecule has 8 nitrogen and oxygen atoms in total. The van der Waals surface area contributed by atoms with Gasteiger partial charge < -0.3 is 14.9 Å². The van der Waals surface area contributed by atoms with Gasteiger partial charge in [0.1, 0.15) is 11.8 Å². The van der Waals surface area contributed by atoms with Crippen molar-refractivity contribution in [2.45, 2.75) is 83.6 Å². The van der Waals surface area contributed by atoms with E-state index in [2.05, 4.69) is 59.3 Å². The number of aliphatic carboxylic acids is 1. The van der Waals surface area contributed by atoms with Gasteiger partial charge in [0, 0.05) is 12.8 Å². The van der Waals surface area contributed by atoms with Gasteiger partial charge >= 0.3 is 13.8 Å². The normalized spacial score (nSPS) is 13.1. The molecule has 0 spiro atoms. The lowest BCUT2D eigenvalue weighted by Gasteiger charge is -2.15. The summed E-state index contributed by atoms with van der Waals surface area (Å²) in [7, 11) is -4.66. The monoisotopic (exact) mass is 547 g/mol. The smallest absolute Gasteiger partial charge is 0.480 e. The Balaban J connectivity index is 2.22. The van der Waals surface area contributed by atoms with E-state index in [-0.39, 0.29) is 24.5 Å². The van der Waals surface area contributed by atoms with Gasteiger partial charge in [-0.25, -0.2) is 9.36 Å². The molecule has 0 saturated carbocycles. The van der Waals surface area contributed by atoms with Gasteiger partial charge in [0.2, 0.25) is 5.91 Å². The predicted molar refractivity (Wildman–Crippen MR) is 151 cm³/mol. The van der Waals surface area contributed by atoms with E-state index < -0.39 is 19.8 Å². The zero-order chi connectivity index (χ0) is 28.1. The van der Waals surface area contributed by atoms with Crippen LogP contribution in [0.3, 0.4) is 0 Å². The van der Waals surface area contributed by atoms with Gasteiger partial charge in [-0.2, -0.15) is 0 Å². The number of amides is 1. The maximum absolute atomic E-state index is 12.2. The second-order valence-electron chi connectivity index (χ2n) is 8.87. The molecule has 1 amide bonds. The van der Waals surface area contributed by atoms with Crippen LogP contribution in [0.1, 0.15) is 76.7 Å². The minimum absolute atomic E-state index is 0.0326. The van der Waals surface area contributed by atoms with Crippen LogP contribution >= 0.6 is 7.82 Å². The van der Waals surface area contributed by atoms with Gasteiger partial charge in [-0.3, -0.25) is 14.6 Å². The molecule has 1 aromatic carbocycles. The fraction of sp³-hybridized carbons (Fsp3) is 0.448. The van der Waals surface area contributed by atoms with Crippen molar-refractivity contribution in [3.8, 4) is 5.75 Å². The third-order valence-corrected chi connectivity index (χ3v) is 5.90. The van der Waals surface area contributed by atoms with Gasteiger partial charge in [-0.05, 0) is 62.6 Å². The fourth-order valence-electron chi connectivity index (χ4n) is 3.47. The zero-order valence-corrected chi connectivity index (χ0v) is 23.1. The molecule has 0 saturated heterocycles. The third-order valence-electron chi connectivity index (χ3n) is 5.45. The number of hydrogen-bond donors (Lipinski definition) is 4. The molecule has 0 radical (unpaired) electrons. The van der Waals surface area contributed by atoms with Gasteiger partial charge in [-0.1, -0.05) is 80.5 Å². The number of unbranched alkanes of at least 4 members (excludes halogenated alkanes) is 4. The maximum atomic E-state index is 12.2. The SMILES string of the molecule is CCCCCC=CCC=CCC=CCC=CCCCC(=O)N[C@@H](Cc1ccc(OP(=O)(O)O)cc1)C(=O)O. The molecule has 1 aromatic rings. The Hall–Kier alpha value is -2.93. The summed E-state index contributed by atoms with van der Waals surface area (Å²) in [5.74, 6) is -1.53. The number of carboxylic acid groups (broad SMARTS) is 1. The second kappa shape index (κ2) is 20.1. The van der Waals surface area contributed by atoms with E-state index in [1.165, 1.54) is 49.9 Å². The molecule has 0 fully saturated rings. The molecule has 1 atom stereocenters. The molecule has 38 heavy (non-hydrogen) atoms. The number of hydrogen-bond acceptors (Lipinski definition) is 4. The lowest BCUT2D eigenvalue weighted by atomic mass is 10.1. The van der Waals surface area contributed by atoms with Gasteiger partial charge in [0.25, 0.3) is 0 Å². The van der Waals surface area contributed by atoms with Crippen molar-refractivity contribution in [2.24, 2.45) is 0 Å². The maximum Gasteiger partial charge on any atom is 0.524 e. The molecule has 4 N–H and O–H groups in total. The Morgan fingerprint density at radius 3 is 1.89 bits per heavy atom. The Morgan fingerprint density at radius 1 is 0.868 bits per heavy atom. The summed E-state index contributed by atoms with van der Waals surface area (Å²) >= 11 is 0. The van der Waals surface area contributed by atoms with Crippen molar-refractivity contribution in [3.05, 3.63) is 78.4 Å². The molecule has 0 aliphatic rings. The molecular formula is C29H42NO7P. The van der Waals surface area contributed by atoms with Crippen LogP contribution in [0.15, 0.2) is 72.9 Å². The predicted octanol–water partition coefficient (Wildman–Crippen LogP) is 6.42. The standard InChI is InChI=1S/C29H42NO7P/c1-2-3-4-5-6-7-8-9-10-11-12-13-14-15-16-17-18-19-28(31)30-27(29(32)33)24-25-20-22-26(23-21-25)37-38(34,35)36/h6-7,9-10,12-13,15-16,20-23,27H,2-5,8,11,14,17-19,24H2,1H3,(H,30,31)(H,32,33)(H2,34,35,36)/t27-/m0/s1. The molecule has 0 heterocycles. The van der Waals surface area contributed by atoms with Crippen molar-refractivity contribution < 1.29 is 33.6 Å². The van der Waals surface area contributed by atoms with Crippen LogP contribution in [0, 0.1) is 0 Å². The van der Waals surface area contributed by atoms with E-state index in [0.29, 0.717) is 12.0 Å². The van der Waals surface area contributed by atoms with Crippen LogP contribution in [0.25, 0.3) is 0 Å². The number of phosphoric ester groups is 1. The molecule has 0 aromatic heterocycles. The quantitative estimate of drug-likeness (QED) is 0.0841. The average molecular weight is 548 g/mol. The molecule has 9 heteroatoms. The lowest BCUT2D eigenvalue weighted by Crippen LogP contribution is -2.42. The van der Waals surface area contributed by atoms with Crippen molar-refractivity contribution in [1.29, 1.82) is 0 Å². The lowest BCUT2D eigenvalue weighted by molar-refractivity contribution is -0.141. The van der Waals surface area contributed by atoms with Crippen molar-refractivity contribution in [2.75, 3.05) is 0 Å². The number of carbonyl (C=O) groups excluding carboxylic acids is 1. The number of carboxylic acids is 1. The van der Waals surface area contributed by atoms with E-state index in [4.69, 9.17) is 9.79 Å². The Bertz CT molecular complexity index is 977. The van der Waals surface area contributed by atoms with Crippen molar-refractivity contribution in [1.82, 2.24) is 5.32 Å². The van der Waals surface area contributed by atoms with E-state index in [1.807, 2.05) is 6.08 Å². The topological polar surface area (TPSA) is 133 Å². The highest BCUT2D eigenvalue weighted by Gasteiger charge is 2.21. The largest absolute Gasteiger partial charge is 0.524 e. The van der Waals surface area contributed by atoms with Crippen molar-refractivity contribution in [3.63, 3.8) is 0 Å². The third kappa shape index (κ3) is 18.3. The second-order valence-corrected chi connectivity index (χ2v) is 10.0. The first-order valence-electron chi connectivity index (χ1n) is 13.2. The minimum atomic E-state index is -4.66. The van der Waals surface area contributed by atoms with Crippen molar-refractivity contribution >= 4 is 19.7 Å². The molecule has 0 aliphatic heterocycles. The van der Waals surface area contributed by atoms with Crippen LogP contribution in [0.4, 0.5) is 0 Å². The van der Waals surface area contributed by atoms with Gasteiger partial charge in [0.15, 0.2) is 0 Å². The molecule has 0 unspecified atom stereocenters. The summed E-state index contributed by atoms with van der Waals surface area (Å²) in [4.78, 5) is 41.4. The first-order chi connectivity index (χ1) is 18.2. The summed E-state index contributed by atoms with van der Waals surface area (Å²) in [5, 5.41) is 12.0. The molecule has 0 bridgehead atoms. The Morgan fingerprint density at radius 2 is 1.39 bits per heavy atom. The van der Waals surface area contributed by atoms with Crippen LogP contribution in [0.2, 0.25) is 0 Å². The highest BCUT2D eigenvalue weighted by Crippen LogP contribution is 2.37.